The summed E-state index contributed by atoms with van der Waals surface area (Å²) < 4.78 is 37.9. The minimum absolute atomic E-state index is 0.0840. The van der Waals surface area contributed by atoms with Crippen LogP contribution in [0, 0.1) is 0 Å². The number of carbonyl (C=O) groups is 2. The maximum atomic E-state index is 12.6. The first-order valence-electron chi connectivity index (χ1n) is 7.46. The smallest absolute Gasteiger partial charge is 0.351 e. The van der Waals surface area contributed by atoms with Crippen LogP contribution in [0.1, 0.15) is 24.0 Å². The van der Waals surface area contributed by atoms with E-state index in [1.54, 1.807) is 0 Å². The van der Waals surface area contributed by atoms with Crippen LogP contribution in [0.15, 0.2) is 30.3 Å². The molecule has 0 saturated carbocycles. The molecule has 24 heavy (non-hydrogen) atoms. The summed E-state index contributed by atoms with van der Waals surface area (Å²) in [5.74, 6) is -0.384. The lowest BCUT2D eigenvalue weighted by Gasteiger charge is -2.30. The fourth-order valence-electron chi connectivity index (χ4n) is 2.48. The van der Waals surface area contributed by atoms with Gasteiger partial charge >= 0.3 is 12.2 Å². The van der Waals surface area contributed by atoms with E-state index in [9.17, 15) is 22.8 Å². The fraction of sp³-hybridized carbons (Fsp3) is 0.375. The van der Waals surface area contributed by atoms with Crippen LogP contribution in [-0.4, -0.2) is 36.0 Å². The van der Waals surface area contributed by atoms with E-state index in [1.165, 1.54) is 29.2 Å². The molecule has 1 fully saturated rings. The zero-order valence-electron chi connectivity index (χ0n) is 12.8. The van der Waals surface area contributed by atoms with Crippen LogP contribution >= 0.6 is 0 Å². The monoisotopic (exact) mass is 341 g/mol. The molecule has 3 amide bonds. The van der Waals surface area contributed by atoms with Crippen molar-refractivity contribution in [1.82, 2.24) is 10.2 Å². The molecule has 0 spiro atoms. The van der Waals surface area contributed by atoms with E-state index >= 15 is 0 Å². The molecule has 0 bridgehead atoms. The van der Waals surface area contributed by atoms with Crippen molar-refractivity contribution in [2.75, 3.05) is 13.1 Å². The molecule has 8 heteroatoms. The predicted molar refractivity (Wildman–Crippen MR) is 82.8 cm³/mol. The highest BCUT2D eigenvalue weighted by molar-refractivity contribution is 5.91. The minimum atomic E-state index is -4.42. The van der Waals surface area contributed by atoms with Crippen molar-refractivity contribution < 1.29 is 22.8 Å². The number of hydrogen-bond acceptors (Lipinski definition) is 2. The van der Waals surface area contributed by atoms with Gasteiger partial charge < -0.3 is 16.0 Å². The van der Waals surface area contributed by atoms with Crippen molar-refractivity contribution in [3.8, 4) is 0 Å². The molecule has 1 aliphatic heterocycles. The summed E-state index contributed by atoms with van der Waals surface area (Å²) in [5.41, 5.74) is 4.71. The van der Waals surface area contributed by atoms with Crippen LogP contribution in [0.3, 0.4) is 0 Å². The Bertz CT molecular complexity index is 636. The van der Waals surface area contributed by atoms with Gasteiger partial charge in [0.15, 0.2) is 0 Å². The predicted octanol–water partition coefficient (Wildman–Crippen LogP) is 2.38. The largest absolute Gasteiger partial charge is 0.416 e. The minimum Gasteiger partial charge on any atom is -0.351 e. The Morgan fingerprint density at radius 1 is 1.25 bits per heavy atom. The molecule has 0 radical (unpaired) electrons. The van der Waals surface area contributed by atoms with E-state index in [-0.39, 0.29) is 11.9 Å². The van der Waals surface area contributed by atoms with Crippen LogP contribution in [0.25, 0.3) is 6.08 Å². The van der Waals surface area contributed by atoms with Gasteiger partial charge in [0.05, 0.1) is 5.56 Å². The van der Waals surface area contributed by atoms with Crippen LogP contribution in [-0.2, 0) is 11.0 Å². The molecule has 0 unspecified atom stereocenters. The normalized spacial score (nSPS) is 16.4. The molecule has 130 valence electrons. The Kier molecular flexibility index (Phi) is 5.48. The van der Waals surface area contributed by atoms with Gasteiger partial charge in [-0.05, 0) is 36.6 Å². The first kappa shape index (κ1) is 17.8. The summed E-state index contributed by atoms with van der Waals surface area (Å²) in [6, 6.07) is 4.17. The highest BCUT2D eigenvalue weighted by Gasteiger charge is 2.30. The molecule has 1 aromatic carbocycles. The lowest BCUT2D eigenvalue weighted by molar-refractivity contribution is -0.137. The molecule has 0 aliphatic carbocycles. The van der Waals surface area contributed by atoms with Gasteiger partial charge in [-0.15, -0.1) is 0 Å². The first-order valence-corrected chi connectivity index (χ1v) is 7.46. The molecule has 1 heterocycles. The Hall–Kier alpha value is -2.51. The van der Waals surface area contributed by atoms with E-state index in [0.717, 1.165) is 12.1 Å². The number of primary amides is 1. The SMILES string of the molecule is NC(=O)N1CCC(NC(=O)/C=C/c2cccc(C(F)(F)F)c2)CC1. The van der Waals surface area contributed by atoms with Gasteiger partial charge in [0.1, 0.15) is 0 Å². The van der Waals surface area contributed by atoms with E-state index in [0.29, 0.717) is 31.5 Å². The van der Waals surface area contributed by atoms with Gasteiger partial charge in [-0.1, -0.05) is 12.1 Å². The van der Waals surface area contributed by atoms with Crippen LogP contribution < -0.4 is 11.1 Å². The number of likely N-dealkylation sites (tertiary alicyclic amines) is 1. The Balaban J connectivity index is 1.89. The summed E-state index contributed by atoms with van der Waals surface area (Å²) >= 11 is 0. The molecule has 3 N–H and O–H groups in total. The number of halogens is 3. The number of urea groups is 1. The Morgan fingerprint density at radius 2 is 1.92 bits per heavy atom. The third-order valence-corrected chi connectivity index (χ3v) is 3.79. The Labute approximate surface area is 137 Å². The number of alkyl halides is 3. The molecule has 1 saturated heterocycles. The lowest BCUT2D eigenvalue weighted by atomic mass is 10.1. The standard InChI is InChI=1S/C16H18F3N3O2/c17-16(18,19)12-3-1-2-11(10-12)4-5-14(23)21-13-6-8-22(9-7-13)15(20)24/h1-5,10,13H,6-9H2,(H2,20,24)(H,21,23)/b5-4+. The average molecular weight is 341 g/mol. The van der Waals surface area contributed by atoms with Crippen molar-refractivity contribution in [1.29, 1.82) is 0 Å². The van der Waals surface area contributed by atoms with Crippen molar-refractivity contribution in [2.45, 2.75) is 25.1 Å². The summed E-state index contributed by atoms with van der Waals surface area (Å²) in [7, 11) is 0. The highest BCUT2D eigenvalue weighted by atomic mass is 19.4. The maximum absolute atomic E-state index is 12.6. The number of rotatable bonds is 3. The molecule has 0 aromatic heterocycles. The number of carbonyl (C=O) groups excluding carboxylic acids is 2. The number of amides is 3. The second kappa shape index (κ2) is 7.37. The highest BCUT2D eigenvalue weighted by Crippen LogP contribution is 2.29. The van der Waals surface area contributed by atoms with Crippen LogP contribution in [0.4, 0.5) is 18.0 Å². The molecular formula is C16H18F3N3O2. The number of benzene rings is 1. The van der Waals surface area contributed by atoms with Crippen molar-refractivity contribution >= 4 is 18.0 Å². The van der Waals surface area contributed by atoms with E-state index in [4.69, 9.17) is 5.73 Å². The fourth-order valence-corrected chi connectivity index (χ4v) is 2.48. The van der Waals surface area contributed by atoms with Crippen LogP contribution in [0.2, 0.25) is 0 Å². The second-order valence-electron chi connectivity index (χ2n) is 5.56. The number of nitrogens with two attached hydrogens (primary N) is 1. The number of nitrogens with one attached hydrogen (secondary N) is 1. The lowest BCUT2D eigenvalue weighted by Crippen LogP contribution is -2.47. The number of nitrogens with zero attached hydrogens (tertiary/aromatic N) is 1. The summed E-state index contributed by atoms with van der Waals surface area (Å²) in [6.45, 7) is 0.940. The topological polar surface area (TPSA) is 75.4 Å². The summed E-state index contributed by atoms with van der Waals surface area (Å²) in [4.78, 5) is 24.4. The quantitative estimate of drug-likeness (QED) is 0.828. The second-order valence-corrected chi connectivity index (χ2v) is 5.56. The summed E-state index contributed by atoms with van der Waals surface area (Å²) in [5, 5.41) is 2.77. The van der Waals surface area contributed by atoms with Gasteiger partial charge in [0.2, 0.25) is 5.91 Å². The molecule has 5 nitrogen and oxygen atoms in total. The summed E-state index contributed by atoms with van der Waals surface area (Å²) in [6.07, 6.45) is -0.697. The third kappa shape index (κ3) is 5.00. The van der Waals surface area contributed by atoms with Crippen molar-refractivity contribution in [3.63, 3.8) is 0 Å². The van der Waals surface area contributed by atoms with Gasteiger partial charge in [-0.2, -0.15) is 13.2 Å². The van der Waals surface area contributed by atoms with E-state index in [1.807, 2.05) is 0 Å². The molecule has 2 rings (SSSR count). The third-order valence-electron chi connectivity index (χ3n) is 3.79. The van der Waals surface area contributed by atoms with E-state index < -0.39 is 17.8 Å². The number of piperidine rings is 1. The Morgan fingerprint density at radius 3 is 2.50 bits per heavy atom. The van der Waals surface area contributed by atoms with Gasteiger partial charge in [0.25, 0.3) is 0 Å². The molecule has 0 atom stereocenters. The van der Waals surface area contributed by atoms with Gasteiger partial charge in [0, 0.05) is 25.2 Å². The zero-order chi connectivity index (χ0) is 17.7. The van der Waals surface area contributed by atoms with Crippen molar-refractivity contribution in [3.05, 3.63) is 41.5 Å². The van der Waals surface area contributed by atoms with E-state index in [2.05, 4.69) is 5.32 Å². The zero-order valence-corrected chi connectivity index (χ0v) is 12.8. The molecule has 1 aliphatic rings. The average Bonchev–Trinajstić information content (AvgIpc) is 2.53. The van der Waals surface area contributed by atoms with Gasteiger partial charge in [-0.3, -0.25) is 4.79 Å². The number of hydrogen-bond donors (Lipinski definition) is 2. The first-order chi connectivity index (χ1) is 11.3. The maximum Gasteiger partial charge on any atom is 0.416 e. The molecular weight excluding hydrogens is 323 g/mol. The molecule has 1 aromatic rings. The van der Waals surface area contributed by atoms with Gasteiger partial charge in [-0.25, -0.2) is 4.79 Å². The van der Waals surface area contributed by atoms with Crippen molar-refractivity contribution in [2.24, 2.45) is 5.73 Å². The van der Waals surface area contributed by atoms with Crippen LogP contribution in [0.5, 0.6) is 0 Å².